The zero-order chi connectivity index (χ0) is 14.2. The summed E-state index contributed by atoms with van der Waals surface area (Å²) in [5.74, 6) is -6.81. The standard InChI is InChI=1S/C12H13F3N2O2.ClH/c1-6-5-16-2-3-17(6)12(19)7-4-8(13)10(15)11(18)9(7)14;/h4,6,16,18H,2-3,5H2,1H3;1H/t6-;/m0./s1. The average molecular weight is 311 g/mol. The van der Waals surface area contributed by atoms with Crippen molar-refractivity contribution in [1.82, 2.24) is 10.2 Å². The minimum Gasteiger partial charge on any atom is -0.503 e. The van der Waals surface area contributed by atoms with Gasteiger partial charge in [0.25, 0.3) is 5.91 Å². The predicted molar refractivity (Wildman–Crippen MR) is 68.6 cm³/mol. The molecular weight excluding hydrogens is 297 g/mol. The van der Waals surface area contributed by atoms with Crippen LogP contribution < -0.4 is 5.32 Å². The Morgan fingerprint density at radius 2 is 2.05 bits per heavy atom. The third-order valence-corrected chi connectivity index (χ3v) is 3.13. The van der Waals surface area contributed by atoms with Gasteiger partial charge >= 0.3 is 0 Å². The average Bonchev–Trinajstić information content (AvgIpc) is 2.40. The Hall–Kier alpha value is -1.47. The summed E-state index contributed by atoms with van der Waals surface area (Å²) >= 11 is 0. The van der Waals surface area contributed by atoms with E-state index in [4.69, 9.17) is 5.11 Å². The predicted octanol–water partition coefficient (Wildman–Crippen LogP) is 1.67. The van der Waals surface area contributed by atoms with Gasteiger partial charge in [0.15, 0.2) is 17.4 Å². The van der Waals surface area contributed by atoms with E-state index in [9.17, 15) is 18.0 Å². The molecule has 20 heavy (non-hydrogen) atoms. The number of nitrogens with zero attached hydrogens (tertiary/aromatic N) is 1. The Bertz CT molecular complexity index is 528. The number of hydrogen-bond donors (Lipinski definition) is 2. The monoisotopic (exact) mass is 310 g/mol. The fraction of sp³-hybridized carbons (Fsp3) is 0.417. The fourth-order valence-electron chi connectivity index (χ4n) is 2.04. The van der Waals surface area contributed by atoms with Gasteiger partial charge < -0.3 is 15.3 Å². The van der Waals surface area contributed by atoms with Gasteiger partial charge in [-0.1, -0.05) is 0 Å². The van der Waals surface area contributed by atoms with Crippen molar-refractivity contribution in [2.45, 2.75) is 13.0 Å². The zero-order valence-corrected chi connectivity index (χ0v) is 11.4. The number of carbonyl (C=O) groups is 1. The molecule has 0 unspecified atom stereocenters. The van der Waals surface area contributed by atoms with Crippen molar-refractivity contribution in [1.29, 1.82) is 0 Å². The lowest BCUT2D eigenvalue weighted by molar-refractivity contribution is 0.0649. The van der Waals surface area contributed by atoms with Crippen molar-refractivity contribution in [2.75, 3.05) is 19.6 Å². The number of benzene rings is 1. The lowest BCUT2D eigenvalue weighted by Gasteiger charge is -2.34. The molecule has 0 aliphatic carbocycles. The smallest absolute Gasteiger partial charge is 0.257 e. The number of phenols is 1. The van der Waals surface area contributed by atoms with Crippen LogP contribution in [0.1, 0.15) is 17.3 Å². The Balaban J connectivity index is 0.00000200. The number of amides is 1. The second-order valence-electron chi connectivity index (χ2n) is 4.43. The van der Waals surface area contributed by atoms with Crippen LogP contribution in [0.15, 0.2) is 6.07 Å². The molecule has 1 heterocycles. The molecule has 1 aromatic rings. The second-order valence-corrected chi connectivity index (χ2v) is 4.43. The van der Waals surface area contributed by atoms with Gasteiger partial charge in [0.1, 0.15) is 0 Å². The van der Waals surface area contributed by atoms with Crippen LogP contribution in [0.2, 0.25) is 0 Å². The summed E-state index contributed by atoms with van der Waals surface area (Å²) in [6, 6.07) is 0.275. The lowest BCUT2D eigenvalue weighted by Crippen LogP contribution is -2.52. The van der Waals surface area contributed by atoms with E-state index in [0.29, 0.717) is 25.7 Å². The number of phenolic OH excluding ortho intramolecular Hbond substituents is 1. The number of carbonyl (C=O) groups excluding carboxylic acids is 1. The molecule has 1 aliphatic rings. The normalized spacial score (nSPS) is 18.6. The summed E-state index contributed by atoms with van der Waals surface area (Å²) in [7, 11) is 0. The summed E-state index contributed by atoms with van der Waals surface area (Å²) in [4.78, 5) is 13.5. The minimum atomic E-state index is -1.69. The van der Waals surface area contributed by atoms with E-state index < -0.39 is 34.7 Å². The highest BCUT2D eigenvalue weighted by Crippen LogP contribution is 2.27. The van der Waals surface area contributed by atoms with Gasteiger partial charge in [-0.2, -0.15) is 4.39 Å². The summed E-state index contributed by atoms with van der Waals surface area (Å²) in [5.41, 5.74) is -0.662. The molecule has 1 fully saturated rings. The molecule has 0 spiro atoms. The van der Waals surface area contributed by atoms with Crippen LogP contribution >= 0.6 is 12.4 Å². The van der Waals surface area contributed by atoms with Crippen LogP contribution in [0, 0.1) is 17.5 Å². The number of piperazine rings is 1. The van der Waals surface area contributed by atoms with Crippen LogP contribution in [0.5, 0.6) is 5.75 Å². The molecule has 1 atom stereocenters. The molecule has 0 saturated carbocycles. The second kappa shape index (κ2) is 6.32. The van der Waals surface area contributed by atoms with Crippen molar-refractivity contribution in [3.8, 4) is 5.75 Å². The number of hydrogen-bond acceptors (Lipinski definition) is 3. The minimum absolute atomic E-state index is 0. The van der Waals surface area contributed by atoms with Gasteiger partial charge in [-0.25, -0.2) is 8.78 Å². The van der Waals surface area contributed by atoms with Gasteiger partial charge in [0.05, 0.1) is 5.56 Å². The summed E-state index contributed by atoms with van der Waals surface area (Å²) < 4.78 is 39.8. The molecule has 0 bridgehead atoms. The summed E-state index contributed by atoms with van der Waals surface area (Å²) in [6.45, 7) is 3.15. The molecule has 0 aromatic heterocycles. The highest BCUT2D eigenvalue weighted by molar-refractivity contribution is 5.95. The molecule has 1 aromatic carbocycles. The zero-order valence-electron chi connectivity index (χ0n) is 10.6. The molecule has 1 saturated heterocycles. The molecular formula is C12H14ClF3N2O2. The maximum atomic E-state index is 13.7. The molecule has 112 valence electrons. The van der Waals surface area contributed by atoms with Crippen LogP contribution in [-0.4, -0.2) is 41.6 Å². The van der Waals surface area contributed by atoms with E-state index in [1.54, 1.807) is 6.92 Å². The number of aromatic hydroxyl groups is 1. The van der Waals surface area contributed by atoms with E-state index in [-0.39, 0.29) is 18.4 Å². The van der Waals surface area contributed by atoms with Crippen LogP contribution in [-0.2, 0) is 0 Å². The first kappa shape index (κ1) is 16.6. The van der Waals surface area contributed by atoms with Crippen LogP contribution in [0.3, 0.4) is 0 Å². The molecule has 1 aliphatic heterocycles. The number of halogens is 4. The van der Waals surface area contributed by atoms with E-state index in [0.717, 1.165) is 0 Å². The van der Waals surface area contributed by atoms with E-state index >= 15 is 0 Å². The molecule has 8 heteroatoms. The first-order valence-electron chi connectivity index (χ1n) is 5.81. The lowest BCUT2D eigenvalue weighted by atomic mass is 10.1. The Morgan fingerprint density at radius 3 is 2.65 bits per heavy atom. The highest BCUT2D eigenvalue weighted by atomic mass is 35.5. The third kappa shape index (κ3) is 2.83. The number of rotatable bonds is 1. The third-order valence-electron chi connectivity index (χ3n) is 3.13. The van der Waals surface area contributed by atoms with Gasteiger partial charge in [0.2, 0.25) is 5.82 Å². The summed E-state index contributed by atoms with van der Waals surface area (Å²) in [5, 5.41) is 12.2. The summed E-state index contributed by atoms with van der Waals surface area (Å²) in [6.07, 6.45) is 0. The molecule has 2 N–H and O–H groups in total. The maximum Gasteiger partial charge on any atom is 0.257 e. The SMILES string of the molecule is C[C@H]1CNCCN1C(=O)c1cc(F)c(F)c(O)c1F.Cl. The quantitative estimate of drug-likeness (QED) is 0.776. The van der Waals surface area contributed by atoms with Crippen molar-refractivity contribution < 1.29 is 23.1 Å². The van der Waals surface area contributed by atoms with Crippen molar-refractivity contribution in [3.63, 3.8) is 0 Å². The van der Waals surface area contributed by atoms with Gasteiger partial charge in [0, 0.05) is 25.7 Å². The number of nitrogens with one attached hydrogen (secondary N) is 1. The van der Waals surface area contributed by atoms with Crippen molar-refractivity contribution in [3.05, 3.63) is 29.1 Å². The first-order chi connectivity index (χ1) is 8.93. The van der Waals surface area contributed by atoms with E-state index in [1.807, 2.05) is 0 Å². The van der Waals surface area contributed by atoms with Gasteiger partial charge in [-0.15, -0.1) is 12.4 Å². The molecule has 0 radical (unpaired) electrons. The van der Waals surface area contributed by atoms with Crippen molar-refractivity contribution >= 4 is 18.3 Å². The van der Waals surface area contributed by atoms with E-state index in [2.05, 4.69) is 5.32 Å². The molecule has 2 rings (SSSR count). The Morgan fingerprint density at radius 1 is 1.40 bits per heavy atom. The van der Waals surface area contributed by atoms with Crippen molar-refractivity contribution in [2.24, 2.45) is 0 Å². The van der Waals surface area contributed by atoms with Crippen LogP contribution in [0.4, 0.5) is 13.2 Å². The van der Waals surface area contributed by atoms with Gasteiger partial charge in [-0.3, -0.25) is 4.79 Å². The highest BCUT2D eigenvalue weighted by Gasteiger charge is 2.29. The molecule has 4 nitrogen and oxygen atoms in total. The molecule has 1 amide bonds. The Labute approximate surface area is 120 Å². The van der Waals surface area contributed by atoms with Gasteiger partial charge in [-0.05, 0) is 13.0 Å². The Kier molecular flexibility index (Phi) is 5.24. The van der Waals surface area contributed by atoms with Crippen LogP contribution in [0.25, 0.3) is 0 Å². The fourth-order valence-corrected chi connectivity index (χ4v) is 2.04. The largest absolute Gasteiger partial charge is 0.503 e. The van der Waals surface area contributed by atoms with E-state index in [1.165, 1.54) is 4.90 Å². The maximum absolute atomic E-state index is 13.7. The first-order valence-corrected chi connectivity index (χ1v) is 5.81. The topological polar surface area (TPSA) is 52.6 Å².